The third kappa shape index (κ3) is 3.14. The second kappa shape index (κ2) is 7.92. The van der Waals surface area contributed by atoms with Crippen molar-refractivity contribution in [2.45, 2.75) is 46.6 Å². The summed E-state index contributed by atoms with van der Waals surface area (Å²) in [5.41, 5.74) is 4.67. The molecule has 4 heteroatoms. The van der Waals surface area contributed by atoms with Gasteiger partial charge in [0.05, 0.1) is 5.56 Å². The van der Waals surface area contributed by atoms with Crippen molar-refractivity contribution in [1.82, 2.24) is 9.47 Å². The van der Waals surface area contributed by atoms with Crippen LogP contribution in [-0.4, -0.2) is 41.5 Å². The van der Waals surface area contributed by atoms with Crippen molar-refractivity contribution in [3.8, 4) is 5.75 Å². The Hall–Kier alpha value is -2.59. The fourth-order valence-corrected chi connectivity index (χ4v) is 4.93. The number of hydrogen-bond acceptors (Lipinski definition) is 3. The van der Waals surface area contributed by atoms with Crippen LogP contribution in [0.3, 0.4) is 0 Å². The van der Waals surface area contributed by atoms with Gasteiger partial charge in [-0.05, 0) is 49.8 Å². The van der Waals surface area contributed by atoms with Crippen molar-refractivity contribution in [3.05, 3.63) is 64.8 Å². The van der Waals surface area contributed by atoms with Gasteiger partial charge in [-0.25, -0.2) is 0 Å². The maximum absolute atomic E-state index is 13.6. The number of carbonyl (C=O) groups excluding carboxylic acids is 1. The van der Waals surface area contributed by atoms with E-state index in [0.29, 0.717) is 6.61 Å². The molecule has 0 fully saturated rings. The summed E-state index contributed by atoms with van der Waals surface area (Å²) in [6.07, 6.45) is 0. The summed E-state index contributed by atoms with van der Waals surface area (Å²) >= 11 is 0. The average Bonchev–Trinajstić information content (AvgIpc) is 3.11. The van der Waals surface area contributed by atoms with Gasteiger partial charge in [-0.3, -0.25) is 4.79 Å². The summed E-state index contributed by atoms with van der Waals surface area (Å²) in [5.74, 6) is 0.960. The molecule has 0 N–H and O–H groups in total. The smallest absolute Gasteiger partial charge is 0.195 e. The van der Waals surface area contributed by atoms with Crippen LogP contribution in [0.1, 0.15) is 61.8 Å². The average molecular weight is 405 g/mol. The minimum absolute atomic E-state index is 0.123. The molecule has 0 bridgehead atoms. The summed E-state index contributed by atoms with van der Waals surface area (Å²) in [4.78, 5) is 15.9. The molecule has 0 spiro atoms. The van der Waals surface area contributed by atoms with Gasteiger partial charge in [-0.2, -0.15) is 0 Å². The van der Waals surface area contributed by atoms with Crippen LogP contribution in [0.4, 0.5) is 0 Å². The van der Waals surface area contributed by atoms with Gasteiger partial charge in [-0.15, -0.1) is 0 Å². The van der Waals surface area contributed by atoms with Crippen molar-refractivity contribution < 1.29 is 9.53 Å². The number of para-hydroxylation sites is 1. The van der Waals surface area contributed by atoms with Crippen LogP contribution in [0.25, 0.3) is 10.9 Å². The van der Waals surface area contributed by atoms with Crippen molar-refractivity contribution in [2.24, 2.45) is 0 Å². The van der Waals surface area contributed by atoms with E-state index in [1.807, 2.05) is 24.3 Å². The number of nitrogens with zero attached hydrogens (tertiary/aromatic N) is 2. The molecule has 0 saturated carbocycles. The monoisotopic (exact) mass is 404 g/mol. The maximum atomic E-state index is 13.6. The van der Waals surface area contributed by atoms with Gasteiger partial charge in [0.2, 0.25) is 0 Å². The molecule has 1 aliphatic rings. The zero-order valence-corrected chi connectivity index (χ0v) is 18.8. The van der Waals surface area contributed by atoms with Crippen molar-refractivity contribution in [2.75, 3.05) is 26.2 Å². The van der Waals surface area contributed by atoms with E-state index in [4.69, 9.17) is 4.74 Å². The van der Waals surface area contributed by atoms with Crippen LogP contribution >= 0.6 is 0 Å². The molecule has 30 heavy (non-hydrogen) atoms. The van der Waals surface area contributed by atoms with Crippen LogP contribution in [0, 0.1) is 0 Å². The van der Waals surface area contributed by atoms with Crippen molar-refractivity contribution >= 4 is 16.7 Å². The van der Waals surface area contributed by atoms with Crippen molar-refractivity contribution in [3.63, 3.8) is 0 Å². The SMILES string of the molecule is CCN(CC)CCOc1ccc2c(c1)C(C)(C)c1c(c3ccccc3n1CC)C2=O. The Labute approximate surface area is 179 Å². The Morgan fingerprint density at radius 3 is 2.47 bits per heavy atom. The van der Waals surface area contributed by atoms with Gasteiger partial charge in [-0.1, -0.05) is 45.9 Å². The lowest BCUT2D eigenvalue weighted by atomic mass is 9.71. The first-order valence-electron chi connectivity index (χ1n) is 11.1. The summed E-state index contributed by atoms with van der Waals surface area (Å²) < 4.78 is 8.38. The number of aromatic nitrogens is 1. The number of hydrogen-bond donors (Lipinski definition) is 0. The van der Waals surface area contributed by atoms with Crippen LogP contribution in [0.2, 0.25) is 0 Å². The highest BCUT2D eigenvalue weighted by atomic mass is 16.5. The molecule has 4 nitrogen and oxygen atoms in total. The molecule has 0 aliphatic heterocycles. The number of aryl methyl sites for hydroxylation is 1. The first-order valence-corrected chi connectivity index (χ1v) is 11.1. The molecule has 3 aromatic rings. The lowest BCUT2D eigenvalue weighted by molar-refractivity contribution is 0.103. The molecule has 158 valence electrons. The zero-order valence-electron chi connectivity index (χ0n) is 18.8. The Morgan fingerprint density at radius 2 is 1.77 bits per heavy atom. The fourth-order valence-electron chi connectivity index (χ4n) is 4.93. The third-order valence-electron chi connectivity index (χ3n) is 6.59. The quantitative estimate of drug-likeness (QED) is 0.539. The molecule has 0 radical (unpaired) electrons. The molecular weight excluding hydrogens is 372 g/mol. The van der Waals surface area contributed by atoms with Crippen LogP contribution in [0.15, 0.2) is 42.5 Å². The Balaban J connectivity index is 1.76. The van der Waals surface area contributed by atoms with E-state index in [-0.39, 0.29) is 11.2 Å². The second-order valence-electron chi connectivity index (χ2n) is 8.52. The predicted octanol–water partition coefficient (Wildman–Crippen LogP) is 5.25. The van der Waals surface area contributed by atoms with Gasteiger partial charge in [0.15, 0.2) is 5.78 Å². The van der Waals surface area contributed by atoms with E-state index < -0.39 is 0 Å². The summed E-state index contributed by atoms with van der Waals surface area (Å²) in [6.45, 7) is 15.4. The third-order valence-corrected chi connectivity index (χ3v) is 6.59. The molecule has 0 unspecified atom stereocenters. The minimum atomic E-state index is -0.286. The van der Waals surface area contributed by atoms with E-state index in [1.54, 1.807) is 0 Å². The van der Waals surface area contributed by atoms with Crippen molar-refractivity contribution in [1.29, 1.82) is 0 Å². The van der Waals surface area contributed by atoms with Gasteiger partial charge >= 0.3 is 0 Å². The Morgan fingerprint density at radius 1 is 1.03 bits per heavy atom. The normalized spacial score (nSPS) is 14.8. The molecular formula is C26H32N2O2. The lowest BCUT2D eigenvalue weighted by Gasteiger charge is -2.34. The number of benzene rings is 2. The van der Waals surface area contributed by atoms with Crippen LogP contribution in [0.5, 0.6) is 5.75 Å². The number of ether oxygens (including phenoxy) is 1. The molecule has 1 aliphatic carbocycles. The topological polar surface area (TPSA) is 34.5 Å². The molecule has 1 heterocycles. The first-order chi connectivity index (χ1) is 14.4. The minimum Gasteiger partial charge on any atom is -0.492 e. The number of carbonyl (C=O) groups is 1. The molecule has 2 aromatic carbocycles. The summed E-state index contributed by atoms with van der Waals surface area (Å²) in [6, 6.07) is 14.2. The second-order valence-corrected chi connectivity index (χ2v) is 8.52. The molecule has 0 atom stereocenters. The number of fused-ring (bicyclic) bond motifs is 4. The van der Waals surface area contributed by atoms with Gasteiger partial charge in [0.1, 0.15) is 12.4 Å². The molecule has 1 aromatic heterocycles. The van der Waals surface area contributed by atoms with Gasteiger partial charge < -0.3 is 14.2 Å². The Bertz CT molecular complexity index is 1090. The van der Waals surface area contributed by atoms with E-state index in [2.05, 4.69) is 62.3 Å². The standard InChI is InChI=1S/C26H32N2O2/c1-6-27(7-2)15-16-30-18-13-14-19-21(17-18)26(4,5)25-23(24(19)29)20-11-9-10-12-22(20)28(25)8-3/h9-14,17H,6-8,15-16H2,1-5H3. The van der Waals surface area contributed by atoms with Crippen LogP contribution in [-0.2, 0) is 12.0 Å². The van der Waals surface area contributed by atoms with E-state index in [0.717, 1.165) is 65.2 Å². The fraction of sp³-hybridized carbons (Fsp3) is 0.423. The highest BCUT2D eigenvalue weighted by Gasteiger charge is 2.41. The number of rotatable bonds is 7. The molecule has 0 amide bonds. The Kier molecular flexibility index (Phi) is 5.46. The van der Waals surface area contributed by atoms with Gasteiger partial charge in [0.25, 0.3) is 0 Å². The lowest BCUT2D eigenvalue weighted by Crippen LogP contribution is -2.32. The zero-order chi connectivity index (χ0) is 21.5. The van der Waals surface area contributed by atoms with E-state index in [1.165, 1.54) is 0 Å². The highest BCUT2D eigenvalue weighted by Crippen LogP contribution is 2.46. The van der Waals surface area contributed by atoms with E-state index in [9.17, 15) is 4.79 Å². The predicted molar refractivity (Wildman–Crippen MR) is 123 cm³/mol. The van der Waals surface area contributed by atoms with Crippen LogP contribution < -0.4 is 4.74 Å². The van der Waals surface area contributed by atoms with E-state index >= 15 is 0 Å². The summed E-state index contributed by atoms with van der Waals surface area (Å²) in [7, 11) is 0. The largest absolute Gasteiger partial charge is 0.492 e. The number of ketones is 1. The molecule has 4 rings (SSSR count). The van der Waals surface area contributed by atoms with Gasteiger partial charge in [0, 0.05) is 40.7 Å². The summed E-state index contributed by atoms with van der Waals surface area (Å²) in [5, 5.41) is 1.05. The molecule has 0 saturated heterocycles. The first kappa shape index (κ1) is 20.7. The number of likely N-dealkylation sites (N-methyl/N-ethyl adjacent to an activating group) is 1. The maximum Gasteiger partial charge on any atom is 0.195 e. The highest BCUT2D eigenvalue weighted by molar-refractivity contribution is 6.20.